The normalized spacial score (nSPS) is 11.5. The highest BCUT2D eigenvalue weighted by Crippen LogP contribution is 2.11. The van der Waals surface area contributed by atoms with Crippen LogP contribution in [0.15, 0.2) is 0 Å². The van der Waals surface area contributed by atoms with E-state index in [0.29, 0.717) is 6.61 Å². The van der Waals surface area contributed by atoms with Crippen LogP contribution in [0, 0.1) is 0 Å². The second kappa shape index (κ2) is 23.0. The quantitative estimate of drug-likeness (QED) is 0.202. The van der Waals surface area contributed by atoms with Gasteiger partial charge in [0, 0.05) is 6.61 Å². The average molecular weight is 370 g/mol. The van der Waals surface area contributed by atoms with Gasteiger partial charge in [-0.15, -0.1) is 0 Å². The fourth-order valence-corrected chi connectivity index (χ4v) is 3.72. The molecule has 0 saturated carbocycles. The van der Waals surface area contributed by atoms with Crippen LogP contribution in [0.4, 0.5) is 0 Å². The zero-order valence-corrected chi connectivity index (χ0v) is 18.5. The van der Waals surface area contributed by atoms with E-state index >= 15 is 0 Å². The van der Waals surface area contributed by atoms with Crippen molar-refractivity contribution in [3.05, 3.63) is 0 Å². The lowest BCUT2D eigenvalue weighted by atomic mass is 10.1. The van der Waals surface area contributed by atoms with Crippen LogP contribution in [-0.4, -0.2) is 36.2 Å². The lowest BCUT2D eigenvalue weighted by Gasteiger charge is -2.22. The monoisotopic (exact) mass is 369 g/mol. The number of hydrogen-bond acceptors (Lipinski definition) is 2. The molecule has 0 aromatic rings. The lowest BCUT2D eigenvalue weighted by Crippen LogP contribution is -2.27. The molecular weight excluding hydrogens is 318 g/mol. The van der Waals surface area contributed by atoms with Gasteiger partial charge < -0.3 is 10.0 Å². The largest absolute Gasteiger partial charge is 0.396 e. The second-order valence-electron chi connectivity index (χ2n) is 8.22. The molecule has 2 nitrogen and oxygen atoms in total. The Balaban J connectivity index is 3.77. The van der Waals surface area contributed by atoms with Crippen LogP contribution in [0.1, 0.15) is 129 Å². The van der Waals surface area contributed by atoms with Gasteiger partial charge in [-0.2, -0.15) is 0 Å². The van der Waals surface area contributed by atoms with E-state index < -0.39 is 0 Å². The van der Waals surface area contributed by atoms with E-state index in [9.17, 15) is 0 Å². The summed E-state index contributed by atoms with van der Waals surface area (Å²) in [5, 5.41) is 8.84. The highest BCUT2D eigenvalue weighted by molar-refractivity contribution is 4.60. The molecule has 0 spiro atoms. The predicted molar refractivity (Wildman–Crippen MR) is 118 cm³/mol. The molecule has 0 rings (SSSR count). The molecule has 158 valence electrons. The predicted octanol–water partition coefficient (Wildman–Crippen LogP) is 7.34. The van der Waals surface area contributed by atoms with Crippen molar-refractivity contribution in [2.24, 2.45) is 0 Å². The summed E-state index contributed by atoms with van der Waals surface area (Å²) in [6.07, 6.45) is 24.5. The molecule has 0 aliphatic carbocycles. The summed E-state index contributed by atoms with van der Waals surface area (Å²) in [6.45, 7) is 8.92. The van der Waals surface area contributed by atoms with Crippen LogP contribution >= 0.6 is 0 Å². The molecule has 0 aliphatic heterocycles. The second-order valence-corrected chi connectivity index (χ2v) is 8.22. The van der Waals surface area contributed by atoms with E-state index in [1.54, 1.807) is 0 Å². The van der Waals surface area contributed by atoms with Gasteiger partial charge in [-0.1, -0.05) is 104 Å². The first-order chi connectivity index (χ1) is 12.8. The molecule has 0 aromatic heterocycles. The van der Waals surface area contributed by atoms with E-state index in [1.165, 1.54) is 129 Å². The zero-order chi connectivity index (χ0) is 19.1. The SMILES string of the molecule is CCCCCCCCN(CCCCCCCC)CCCCCCCCO. The zero-order valence-electron chi connectivity index (χ0n) is 18.5. The molecule has 0 amide bonds. The van der Waals surface area contributed by atoms with E-state index in [-0.39, 0.29) is 0 Å². The van der Waals surface area contributed by atoms with Crippen molar-refractivity contribution in [1.29, 1.82) is 0 Å². The third-order valence-corrected chi connectivity index (χ3v) is 5.54. The van der Waals surface area contributed by atoms with Crippen LogP contribution in [0.2, 0.25) is 0 Å². The summed E-state index contributed by atoms with van der Waals surface area (Å²) in [5.41, 5.74) is 0. The number of unbranched alkanes of at least 4 members (excludes halogenated alkanes) is 15. The molecule has 0 atom stereocenters. The molecule has 1 N–H and O–H groups in total. The Morgan fingerprint density at radius 1 is 0.423 bits per heavy atom. The van der Waals surface area contributed by atoms with Crippen molar-refractivity contribution >= 4 is 0 Å². The van der Waals surface area contributed by atoms with Crippen molar-refractivity contribution in [1.82, 2.24) is 4.90 Å². The first-order valence-electron chi connectivity index (χ1n) is 12.2. The number of hydrogen-bond donors (Lipinski definition) is 1. The van der Waals surface area contributed by atoms with Crippen LogP contribution in [0.3, 0.4) is 0 Å². The summed E-state index contributed by atoms with van der Waals surface area (Å²) in [5.74, 6) is 0. The summed E-state index contributed by atoms with van der Waals surface area (Å²) < 4.78 is 0. The Kier molecular flexibility index (Phi) is 22.9. The van der Waals surface area contributed by atoms with Gasteiger partial charge in [-0.05, 0) is 45.3 Å². The van der Waals surface area contributed by atoms with Crippen LogP contribution in [-0.2, 0) is 0 Å². The maximum atomic E-state index is 8.84. The molecule has 0 aromatic carbocycles. The molecule has 0 bridgehead atoms. The first-order valence-corrected chi connectivity index (χ1v) is 12.2. The molecule has 0 radical (unpaired) electrons. The van der Waals surface area contributed by atoms with Gasteiger partial charge in [-0.3, -0.25) is 0 Å². The molecular formula is C24H51NO. The Labute approximate surface area is 166 Å². The Hall–Kier alpha value is -0.0800. The maximum absolute atomic E-state index is 8.84. The standard InChI is InChI=1S/C24H51NO/c1-3-5-7-9-13-17-21-25(22-18-14-10-8-6-4-2)23-19-15-11-12-16-20-24-26/h26H,3-24H2,1-2H3. The molecule has 0 unspecified atom stereocenters. The van der Waals surface area contributed by atoms with E-state index in [2.05, 4.69) is 18.7 Å². The van der Waals surface area contributed by atoms with Gasteiger partial charge in [0.1, 0.15) is 0 Å². The number of nitrogens with zero attached hydrogens (tertiary/aromatic N) is 1. The Morgan fingerprint density at radius 3 is 1.08 bits per heavy atom. The fourth-order valence-electron chi connectivity index (χ4n) is 3.72. The minimum Gasteiger partial charge on any atom is -0.396 e. The van der Waals surface area contributed by atoms with E-state index in [4.69, 9.17) is 5.11 Å². The van der Waals surface area contributed by atoms with Gasteiger partial charge in [0.15, 0.2) is 0 Å². The smallest absolute Gasteiger partial charge is 0.0431 e. The molecule has 26 heavy (non-hydrogen) atoms. The fraction of sp³-hybridized carbons (Fsp3) is 1.00. The Morgan fingerprint density at radius 2 is 0.731 bits per heavy atom. The van der Waals surface area contributed by atoms with Crippen LogP contribution < -0.4 is 0 Å². The Bertz CT molecular complexity index is 228. The highest BCUT2D eigenvalue weighted by atomic mass is 16.2. The number of aliphatic hydroxyl groups is 1. The van der Waals surface area contributed by atoms with Crippen molar-refractivity contribution in [2.75, 3.05) is 26.2 Å². The highest BCUT2D eigenvalue weighted by Gasteiger charge is 2.05. The minimum absolute atomic E-state index is 0.365. The van der Waals surface area contributed by atoms with E-state index in [1.807, 2.05) is 0 Å². The van der Waals surface area contributed by atoms with Gasteiger partial charge in [-0.25, -0.2) is 0 Å². The van der Waals surface area contributed by atoms with Crippen LogP contribution in [0.25, 0.3) is 0 Å². The third kappa shape index (κ3) is 20.2. The number of aliphatic hydroxyl groups excluding tert-OH is 1. The van der Waals surface area contributed by atoms with Crippen LogP contribution in [0.5, 0.6) is 0 Å². The van der Waals surface area contributed by atoms with E-state index in [0.717, 1.165) is 6.42 Å². The molecule has 2 heteroatoms. The summed E-state index contributed by atoms with van der Waals surface area (Å²) in [7, 11) is 0. The molecule has 0 aliphatic rings. The van der Waals surface area contributed by atoms with Crippen molar-refractivity contribution in [3.8, 4) is 0 Å². The minimum atomic E-state index is 0.365. The molecule has 0 heterocycles. The van der Waals surface area contributed by atoms with Crippen molar-refractivity contribution < 1.29 is 5.11 Å². The average Bonchev–Trinajstić information content (AvgIpc) is 2.65. The third-order valence-electron chi connectivity index (χ3n) is 5.54. The number of rotatable bonds is 22. The summed E-state index contributed by atoms with van der Waals surface area (Å²) in [6, 6.07) is 0. The maximum Gasteiger partial charge on any atom is 0.0431 e. The molecule has 0 fully saturated rings. The van der Waals surface area contributed by atoms with Crippen molar-refractivity contribution in [2.45, 2.75) is 129 Å². The summed E-state index contributed by atoms with van der Waals surface area (Å²) >= 11 is 0. The van der Waals surface area contributed by atoms with Gasteiger partial charge in [0.2, 0.25) is 0 Å². The topological polar surface area (TPSA) is 23.5 Å². The van der Waals surface area contributed by atoms with Gasteiger partial charge in [0.05, 0.1) is 0 Å². The van der Waals surface area contributed by atoms with Crippen molar-refractivity contribution in [3.63, 3.8) is 0 Å². The summed E-state index contributed by atoms with van der Waals surface area (Å²) in [4.78, 5) is 2.76. The lowest BCUT2D eigenvalue weighted by molar-refractivity contribution is 0.253. The van der Waals surface area contributed by atoms with Gasteiger partial charge in [0.25, 0.3) is 0 Å². The molecule has 0 saturated heterocycles. The van der Waals surface area contributed by atoms with Gasteiger partial charge >= 0.3 is 0 Å². The first kappa shape index (κ1) is 25.9.